The third-order valence-corrected chi connectivity index (χ3v) is 6.48. The number of anilines is 1. The van der Waals surface area contributed by atoms with Gasteiger partial charge in [0, 0.05) is 12.0 Å². The molecule has 3 rings (SSSR count). The van der Waals surface area contributed by atoms with Crippen LogP contribution in [0.2, 0.25) is 0 Å². The monoisotopic (exact) mass is 468 g/mol. The first kappa shape index (κ1) is 25.8. The highest BCUT2D eigenvalue weighted by molar-refractivity contribution is 5.77. The molecule has 0 radical (unpaired) electrons. The zero-order chi connectivity index (χ0) is 25.4. The van der Waals surface area contributed by atoms with Crippen molar-refractivity contribution >= 4 is 23.2 Å². The van der Waals surface area contributed by atoms with Crippen molar-refractivity contribution in [3.8, 4) is 5.75 Å². The fourth-order valence-corrected chi connectivity index (χ4v) is 4.09. The molecule has 3 aromatic rings. The summed E-state index contributed by atoms with van der Waals surface area (Å²) in [5, 5.41) is 13.7. The van der Waals surface area contributed by atoms with Crippen LogP contribution in [0.5, 0.6) is 5.75 Å². The van der Waals surface area contributed by atoms with Gasteiger partial charge in [-0.15, -0.1) is 0 Å². The highest BCUT2D eigenvalue weighted by Crippen LogP contribution is 2.29. The number of aromatic hydroxyl groups is 1. The number of phenolic OH excluding ortho intramolecular Hbond substituents is 1. The van der Waals surface area contributed by atoms with Crippen LogP contribution in [0.15, 0.2) is 79.4 Å². The Labute approximate surface area is 209 Å². The number of allylic oxidation sites excluding steroid dienone is 2. The summed E-state index contributed by atoms with van der Waals surface area (Å²) in [4.78, 5) is 12.9. The van der Waals surface area contributed by atoms with Crippen LogP contribution in [0.4, 0.5) is 5.69 Å². The summed E-state index contributed by atoms with van der Waals surface area (Å²) < 4.78 is 0. The molecule has 35 heavy (non-hydrogen) atoms. The standard InChI is InChI=1S/C31H36N2O2/c1-5-31(4,27-16-10-14-25(21-27)22(2)3)33-29(34)18-17-24-19-26(30(35)28(32)20-24)15-9-13-23-11-7-6-8-12-23/h6-14,16,19-21,35H,2,5,15,17-18,32H2,1,3-4H3,(H,33,34)/b13-9+. The zero-order valence-corrected chi connectivity index (χ0v) is 21.0. The minimum absolute atomic E-state index is 0.0211. The predicted octanol–water partition coefficient (Wildman–Crippen LogP) is 6.64. The van der Waals surface area contributed by atoms with Gasteiger partial charge in [-0.1, -0.05) is 85.8 Å². The lowest BCUT2D eigenvalue weighted by Crippen LogP contribution is -2.43. The largest absolute Gasteiger partial charge is 0.505 e. The van der Waals surface area contributed by atoms with E-state index in [-0.39, 0.29) is 11.7 Å². The molecule has 1 atom stereocenters. The number of carbonyl (C=O) groups excluding carboxylic acids is 1. The number of hydrogen-bond acceptors (Lipinski definition) is 3. The highest BCUT2D eigenvalue weighted by atomic mass is 16.3. The Morgan fingerprint density at radius 3 is 2.54 bits per heavy atom. The second kappa shape index (κ2) is 11.6. The number of hydrogen-bond donors (Lipinski definition) is 3. The van der Waals surface area contributed by atoms with Crippen molar-refractivity contribution in [2.24, 2.45) is 0 Å². The molecule has 0 saturated heterocycles. The van der Waals surface area contributed by atoms with Gasteiger partial charge in [0.25, 0.3) is 0 Å². The van der Waals surface area contributed by atoms with Crippen molar-refractivity contribution < 1.29 is 9.90 Å². The smallest absolute Gasteiger partial charge is 0.221 e. The maximum Gasteiger partial charge on any atom is 0.221 e. The molecule has 182 valence electrons. The van der Waals surface area contributed by atoms with Crippen LogP contribution >= 0.6 is 0 Å². The number of rotatable bonds is 10. The molecule has 3 aromatic carbocycles. The molecule has 1 unspecified atom stereocenters. The summed E-state index contributed by atoms with van der Waals surface area (Å²) in [6.07, 6.45) is 6.22. The third kappa shape index (κ3) is 6.86. The number of benzene rings is 3. The van der Waals surface area contributed by atoms with E-state index in [1.54, 1.807) is 6.07 Å². The normalized spacial score (nSPS) is 12.9. The topological polar surface area (TPSA) is 75.4 Å². The first-order chi connectivity index (χ1) is 16.7. The van der Waals surface area contributed by atoms with Gasteiger partial charge in [0.2, 0.25) is 5.91 Å². The molecule has 0 heterocycles. The van der Waals surface area contributed by atoms with Crippen molar-refractivity contribution in [1.29, 1.82) is 0 Å². The SMILES string of the molecule is C=C(C)c1cccc(C(C)(CC)NC(=O)CCc2cc(N)c(O)c(C/C=C/c3ccccc3)c2)c1. The Kier molecular flexibility index (Phi) is 8.53. The average Bonchev–Trinajstić information content (AvgIpc) is 2.86. The van der Waals surface area contributed by atoms with E-state index in [2.05, 4.69) is 31.8 Å². The third-order valence-electron chi connectivity index (χ3n) is 6.48. The van der Waals surface area contributed by atoms with Crippen molar-refractivity contribution in [1.82, 2.24) is 5.32 Å². The van der Waals surface area contributed by atoms with Crippen LogP contribution in [0.3, 0.4) is 0 Å². The van der Waals surface area contributed by atoms with Gasteiger partial charge in [0.05, 0.1) is 11.2 Å². The lowest BCUT2D eigenvalue weighted by Gasteiger charge is -2.31. The first-order valence-electron chi connectivity index (χ1n) is 12.1. The van der Waals surface area contributed by atoms with Crippen molar-refractivity contribution in [2.45, 2.75) is 52.0 Å². The summed E-state index contributed by atoms with van der Waals surface area (Å²) in [5.41, 5.74) is 11.8. The van der Waals surface area contributed by atoms with Crippen LogP contribution in [0, 0.1) is 0 Å². The fraction of sp³-hybridized carbons (Fsp3) is 0.258. The van der Waals surface area contributed by atoms with Crippen molar-refractivity contribution in [3.63, 3.8) is 0 Å². The molecule has 4 nitrogen and oxygen atoms in total. The molecule has 4 heteroatoms. The summed E-state index contributed by atoms with van der Waals surface area (Å²) in [5.74, 6) is 0.0825. The second-order valence-corrected chi connectivity index (χ2v) is 9.30. The summed E-state index contributed by atoms with van der Waals surface area (Å²) in [7, 11) is 0. The van der Waals surface area contributed by atoms with E-state index in [1.807, 2.05) is 73.7 Å². The molecular weight excluding hydrogens is 432 g/mol. The highest BCUT2D eigenvalue weighted by Gasteiger charge is 2.26. The first-order valence-corrected chi connectivity index (χ1v) is 12.1. The predicted molar refractivity (Wildman–Crippen MR) is 147 cm³/mol. The number of phenols is 1. The Morgan fingerprint density at radius 2 is 1.86 bits per heavy atom. The van der Waals surface area contributed by atoms with Crippen LogP contribution in [-0.4, -0.2) is 11.0 Å². The van der Waals surface area contributed by atoms with Gasteiger partial charge in [-0.2, -0.15) is 0 Å². The molecule has 0 aliphatic carbocycles. The lowest BCUT2D eigenvalue weighted by atomic mass is 9.87. The lowest BCUT2D eigenvalue weighted by molar-refractivity contribution is -0.123. The maximum atomic E-state index is 12.9. The molecule has 0 saturated carbocycles. The van der Waals surface area contributed by atoms with E-state index < -0.39 is 5.54 Å². The number of aryl methyl sites for hydroxylation is 1. The van der Waals surface area contributed by atoms with Gasteiger partial charge in [-0.05, 0) is 67.5 Å². The minimum Gasteiger partial charge on any atom is -0.505 e. The van der Waals surface area contributed by atoms with Gasteiger partial charge in [-0.25, -0.2) is 0 Å². The molecule has 0 aliphatic rings. The van der Waals surface area contributed by atoms with E-state index in [0.717, 1.165) is 39.8 Å². The van der Waals surface area contributed by atoms with E-state index in [4.69, 9.17) is 5.73 Å². The van der Waals surface area contributed by atoms with E-state index in [9.17, 15) is 9.90 Å². The van der Waals surface area contributed by atoms with Gasteiger partial charge >= 0.3 is 0 Å². The van der Waals surface area contributed by atoms with Gasteiger partial charge in [-0.3, -0.25) is 4.79 Å². The Bertz CT molecular complexity index is 1210. The Balaban J connectivity index is 1.67. The number of nitrogens with one attached hydrogen (secondary N) is 1. The summed E-state index contributed by atoms with van der Waals surface area (Å²) >= 11 is 0. The maximum absolute atomic E-state index is 12.9. The molecule has 0 fully saturated rings. The van der Waals surface area contributed by atoms with Crippen molar-refractivity contribution in [3.05, 3.63) is 107 Å². The molecule has 0 bridgehead atoms. The van der Waals surface area contributed by atoms with Crippen molar-refractivity contribution in [2.75, 3.05) is 5.73 Å². The van der Waals surface area contributed by atoms with Crippen LogP contribution in [-0.2, 0) is 23.2 Å². The Hall–Kier alpha value is -3.79. The molecule has 1 amide bonds. The Morgan fingerprint density at radius 1 is 1.11 bits per heavy atom. The van der Waals surface area contributed by atoms with Gasteiger partial charge in [0.15, 0.2) is 0 Å². The van der Waals surface area contributed by atoms with E-state index in [1.165, 1.54) is 0 Å². The quantitative estimate of drug-likeness (QED) is 0.231. The number of nitrogen functional groups attached to an aromatic ring is 1. The minimum atomic E-state index is -0.468. The van der Waals surface area contributed by atoms with Gasteiger partial charge < -0.3 is 16.2 Å². The molecular formula is C31H36N2O2. The summed E-state index contributed by atoms with van der Waals surface area (Å²) in [6, 6.07) is 21.9. The summed E-state index contributed by atoms with van der Waals surface area (Å²) in [6.45, 7) is 10.1. The van der Waals surface area contributed by atoms with Crippen LogP contribution in [0.1, 0.15) is 61.4 Å². The number of carbonyl (C=O) groups is 1. The van der Waals surface area contributed by atoms with E-state index >= 15 is 0 Å². The molecule has 0 aromatic heterocycles. The average molecular weight is 469 g/mol. The second-order valence-electron chi connectivity index (χ2n) is 9.30. The number of amides is 1. The molecule has 0 aliphatic heterocycles. The number of nitrogens with two attached hydrogens (primary N) is 1. The molecule has 4 N–H and O–H groups in total. The molecule has 0 spiro atoms. The van der Waals surface area contributed by atoms with Crippen LogP contribution in [0.25, 0.3) is 11.6 Å². The van der Waals surface area contributed by atoms with Gasteiger partial charge in [0.1, 0.15) is 5.75 Å². The zero-order valence-electron chi connectivity index (χ0n) is 21.0. The van der Waals surface area contributed by atoms with Crippen LogP contribution < -0.4 is 11.1 Å². The van der Waals surface area contributed by atoms with E-state index in [0.29, 0.717) is 24.9 Å². The fourth-order valence-electron chi connectivity index (χ4n) is 4.09.